The van der Waals surface area contributed by atoms with E-state index in [1.807, 2.05) is 87.5 Å². The van der Waals surface area contributed by atoms with E-state index in [0.29, 0.717) is 13.0 Å². The zero-order valence-corrected chi connectivity index (χ0v) is 20.8. The highest BCUT2D eigenvalue weighted by atomic mass is 16.3. The van der Waals surface area contributed by atoms with Gasteiger partial charge < -0.3 is 16.6 Å². The molecule has 3 rings (SSSR count). The van der Waals surface area contributed by atoms with Crippen molar-refractivity contribution in [2.24, 2.45) is 16.9 Å². The molecule has 1 amide bonds. The first-order valence-corrected chi connectivity index (χ1v) is 11.9. The van der Waals surface area contributed by atoms with Gasteiger partial charge >= 0.3 is 0 Å². The van der Waals surface area contributed by atoms with E-state index in [0.717, 1.165) is 22.3 Å². The molecule has 35 heavy (non-hydrogen) atoms. The summed E-state index contributed by atoms with van der Waals surface area (Å²) >= 11 is 0. The number of benzene rings is 2. The summed E-state index contributed by atoms with van der Waals surface area (Å²) in [7, 11) is 0. The van der Waals surface area contributed by atoms with E-state index in [-0.39, 0.29) is 17.9 Å². The van der Waals surface area contributed by atoms with Crippen LogP contribution in [-0.4, -0.2) is 45.7 Å². The number of pyridine rings is 1. The van der Waals surface area contributed by atoms with Gasteiger partial charge in [0.25, 0.3) is 5.91 Å². The average molecular weight is 476 g/mol. The number of hydrazine groups is 1. The predicted octanol–water partition coefficient (Wildman–Crippen LogP) is 2.89. The van der Waals surface area contributed by atoms with Crippen molar-refractivity contribution >= 4 is 5.91 Å². The van der Waals surface area contributed by atoms with Crippen LogP contribution in [-0.2, 0) is 17.8 Å². The van der Waals surface area contributed by atoms with Gasteiger partial charge in [0.2, 0.25) is 0 Å². The lowest BCUT2D eigenvalue weighted by atomic mass is 9.87. The molecule has 0 aliphatic heterocycles. The van der Waals surface area contributed by atoms with E-state index in [4.69, 9.17) is 11.5 Å². The van der Waals surface area contributed by atoms with Crippen LogP contribution in [0.1, 0.15) is 31.9 Å². The van der Waals surface area contributed by atoms with Gasteiger partial charge in [-0.3, -0.25) is 15.2 Å². The molecular formula is C28H37N5O2. The lowest BCUT2D eigenvalue weighted by molar-refractivity contribution is -0.130. The molecule has 0 aliphatic rings. The van der Waals surface area contributed by atoms with Crippen LogP contribution in [0, 0.1) is 5.41 Å². The summed E-state index contributed by atoms with van der Waals surface area (Å²) in [4.78, 5) is 16.8. The summed E-state index contributed by atoms with van der Waals surface area (Å²) in [5, 5.41) is 12.6. The quantitative estimate of drug-likeness (QED) is 0.335. The molecular weight excluding hydrogens is 438 g/mol. The molecule has 0 saturated carbocycles. The molecule has 1 heterocycles. The predicted molar refractivity (Wildman–Crippen MR) is 140 cm³/mol. The van der Waals surface area contributed by atoms with Gasteiger partial charge in [-0.25, -0.2) is 5.01 Å². The van der Waals surface area contributed by atoms with Crippen molar-refractivity contribution < 1.29 is 9.90 Å². The second-order valence-corrected chi connectivity index (χ2v) is 10.1. The van der Waals surface area contributed by atoms with Crippen LogP contribution in [0.5, 0.6) is 0 Å². The Bertz CT molecular complexity index is 1050. The van der Waals surface area contributed by atoms with Crippen LogP contribution in [0.15, 0.2) is 79.1 Å². The number of nitrogens with one attached hydrogen (secondary N) is 1. The van der Waals surface area contributed by atoms with Crippen molar-refractivity contribution in [3.8, 4) is 11.1 Å². The summed E-state index contributed by atoms with van der Waals surface area (Å²) in [6, 6.07) is 20.6. The minimum Gasteiger partial charge on any atom is -0.390 e. The number of carbonyl (C=O) groups is 1. The second-order valence-electron chi connectivity index (χ2n) is 10.1. The van der Waals surface area contributed by atoms with Crippen molar-refractivity contribution in [2.75, 3.05) is 6.54 Å². The van der Waals surface area contributed by atoms with Crippen LogP contribution in [0.2, 0.25) is 0 Å². The van der Waals surface area contributed by atoms with Gasteiger partial charge in [-0.15, -0.1) is 0 Å². The molecule has 3 unspecified atom stereocenters. The van der Waals surface area contributed by atoms with E-state index in [1.54, 1.807) is 17.4 Å². The molecule has 186 valence electrons. The van der Waals surface area contributed by atoms with Gasteiger partial charge in [-0.2, -0.15) is 0 Å². The van der Waals surface area contributed by atoms with Crippen molar-refractivity contribution in [3.05, 3.63) is 90.3 Å². The number of aromatic nitrogens is 1. The monoisotopic (exact) mass is 475 g/mol. The van der Waals surface area contributed by atoms with Crippen LogP contribution >= 0.6 is 0 Å². The number of carbonyl (C=O) groups excluding carboxylic acids is 1. The first kappa shape index (κ1) is 26.5. The van der Waals surface area contributed by atoms with E-state index >= 15 is 0 Å². The lowest BCUT2D eigenvalue weighted by Gasteiger charge is -2.32. The van der Waals surface area contributed by atoms with Gasteiger partial charge in [-0.1, -0.05) is 75.4 Å². The smallest absolute Gasteiger partial charge is 0.251 e. The van der Waals surface area contributed by atoms with E-state index in [1.165, 1.54) is 0 Å². The molecule has 0 radical (unpaired) electrons. The molecule has 7 nitrogen and oxygen atoms in total. The van der Waals surface area contributed by atoms with Crippen LogP contribution < -0.4 is 16.9 Å². The standard InChI is InChI=1S/C28H37N5O2/c1-28(2,3)26(30)27(35)32-33(18-21-7-5-4-6-8-21)19-25(34)24(29)17-20-9-11-22(12-10-20)23-13-15-31-16-14-23/h4-16,24-26,34H,17-19,29-30H2,1-3H3,(H,32,35). The minimum atomic E-state index is -0.857. The maximum atomic E-state index is 12.8. The third kappa shape index (κ3) is 7.97. The number of nitrogens with zero attached hydrogens (tertiary/aromatic N) is 2. The Morgan fingerprint density at radius 1 is 0.943 bits per heavy atom. The number of nitrogens with two attached hydrogens (primary N) is 2. The number of hydrogen-bond donors (Lipinski definition) is 4. The maximum Gasteiger partial charge on any atom is 0.251 e. The Morgan fingerprint density at radius 2 is 1.54 bits per heavy atom. The first-order valence-electron chi connectivity index (χ1n) is 11.9. The van der Waals surface area contributed by atoms with Gasteiger partial charge in [0, 0.05) is 31.5 Å². The van der Waals surface area contributed by atoms with Gasteiger partial charge in [0.05, 0.1) is 12.1 Å². The Kier molecular flexibility index (Phi) is 9.12. The molecule has 0 fully saturated rings. The lowest BCUT2D eigenvalue weighted by Crippen LogP contribution is -2.56. The fourth-order valence-electron chi connectivity index (χ4n) is 3.72. The second kappa shape index (κ2) is 12.0. The SMILES string of the molecule is CC(C)(C)C(N)C(=O)NN(Cc1ccccc1)CC(O)C(N)Cc1ccc(-c2ccncc2)cc1. The zero-order chi connectivity index (χ0) is 25.4. The summed E-state index contributed by atoms with van der Waals surface area (Å²) in [6.07, 6.45) is 3.19. The summed E-state index contributed by atoms with van der Waals surface area (Å²) in [6.45, 7) is 6.36. The van der Waals surface area contributed by atoms with E-state index in [9.17, 15) is 9.90 Å². The van der Waals surface area contributed by atoms with E-state index in [2.05, 4.69) is 10.4 Å². The maximum absolute atomic E-state index is 12.8. The number of rotatable bonds is 10. The number of hydrogen-bond acceptors (Lipinski definition) is 6. The fraction of sp³-hybridized carbons (Fsp3) is 0.357. The topological polar surface area (TPSA) is 118 Å². The molecule has 6 N–H and O–H groups in total. The summed E-state index contributed by atoms with van der Waals surface area (Å²) in [5.74, 6) is -0.291. The highest BCUT2D eigenvalue weighted by Gasteiger charge is 2.29. The first-order chi connectivity index (χ1) is 16.6. The fourth-order valence-corrected chi connectivity index (χ4v) is 3.72. The minimum absolute atomic E-state index is 0.174. The van der Waals surface area contributed by atoms with Gasteiger partial charge in [0.15, 0.2) is 0 Å². The molecule has 0 saturated heterocycles. The number of amides is 1. The summed E-state index contributed by atoms with van der Waals surface area (Å²) < 4.78 is 0. The third-order valence-corrected chi connectivity index (χ3v) is 6.04. The molecule has 1 aromatic heterocycles. The largest absolute Gasteiger partial charge is 0.390 e. The Balaban J connectivity index is 1.65. The van der Waals surface area contributed by atoms with Gasteiger partial charge in [0.1, 0.15) is 0 Å². The molecule has 0 aliphatic carbocycles. The van der Waals surface area contributed by atoms with Crippen LogP contribution in [0.3, 0.4) is 0 Å². The van der Waals surface area contributed by atoms with Crippen molar-refractivity contribution in [1.82, 2.24) is 15.4 Å². The van der Waals surface area contributed by atoms with Crippen LogP contribution in [0.4, 0.5) is 0 Å². The zero-order valence-electron chi connectivity index (χ0n) is 20.8. The van der Waals surface area contributed by atoms with E-state index < -0.39 is 18.2 Å². The Labute approximate surface area is 208 Å². The van der Waals surface area contributed by atoms with Crippen molar-refractivity contribution in [2.45, 2.75) is 51.9 Å². The number of aliphatic hydroxyl groups is 1. The molecule has 0 spiro atoms. The Hall–Kier alpha value is -3.10. The summed E-state index contributed by atoms with van der Waals surface area (Å²) in [5.41, 5.74) is 19.3. The molecule has 3 atom stereocenters. The van der Waals surface area contributed by atoms with Gasteiger partial charge in [-0.05, 0) is 46.2 Å². The normalized spacial score (nSPS) is 14.4. The van der Waals surface area contributed by atoms with Crippen LogP contribution in [0.25, 0.3) is 11.1 Å². The highest BCUT2D eigenvalue weighted by molar-refractivity contribution is 5.81. The van der Waals surface area contributed by atoms with Crippen molar-refractivity contribution in [3.63, 3.8) is 0 Å². The molecule has 0 bridgehead atoms. The highest BCUT2D eigenvalue weighted by Crippen LogP contribution is 2.20. The third-order valence-electron chi connectivity index (χ3n) is 6.04. The molecule has 2 aromatic carbocycles. The average Bonchev–Trinajstić information content (AvgIpc) is 2.84. The Morgan fingerprint density at radius 3 is 2.14 bits per heavy atom. The molecule has 7 heteroatoms. The number of aliphatic hydroxyl groups excluding tert-OH is 1. The van der Waals surface area contributed by atoms with Crippen molar-refractivity contribution in [1.29, 1.82) is 0 Å². The molecule has 3 aromatic rings.